The van der Waals surface area contributed by atoms with Gasteiger partial charge < -0.3 is 0 Å². The number of hydrogen-bond acceptors (Lipinski definition) is 2. The lowest BCUT2D eigenvalue weighted by molar-refractivity contribution is 0.114. The first kappa shape index (κ1) is 8.53. The Hall–Kier alpha value is 0.430. The van der Waals surface area contributed by atoms with Crippen molar-refractivity contribution in [2.45, 2.75) is 17.3 Å². The van der Waals surface area contributed by atoms with Gasteiger partial charge in [-0.1, -0.05) is 11.6 Å². The van der Waals surface area contributed by atoms with Crippen molar-refractivity contribution in [3.05, 3.63) is 0 Å². The molecule has 2 nitrogen and oxygen atoms in total. The molecule has 60 valence electrons. The van der Waals surface area contributed by atoms with Gasteiger partial charge in [0.25, 0.3) is 0 Å². The number of alkyl halides is 3. The number of nitrogens with one attached hydrogen (secondary N) is 1. The molecule has 0 aromatic carbocycles. The third kappa shape index (κ3) is 1.53. The van der Waals surface area contributed by atoms with E-state index in [-0.39, 0.29) is 12.2 Å². The Kier molecular flexibility index (Phi) is 2.74. The molecule has 5 heteroatoms. The van der Waals surface area contributed by atoms with Crippen molar-refractivity contribution in [1.82, 2.24) is 10.2 Å². The van der Waals surface area contributed by atoms with Crippen LogP contribution in [0.2, 0.25) is 0 Å². The summed E-state index contributed by atoms with van der Waals surface area (Å²) >= 11 is 11.3. The van der Waals surface area contributed by atoms with Gasteiger partial charge >= 0.3 is 0 Å². The minimum Gasteiger partial charge on any atom is -0.286 e. The molecule has 1 fully saturated rings. The topological polar surface area (TPSA) is 15.3 Å². The minimum absolute atomic E-state index is 0.229. The summed E-state index contributed by atoms with van der Waals surface area (Å²) in [6, 6.07) is 0. The highest BCUT2D eigenvalue weighted by molar-refractivity contribution is 6.23. The summed E-state index contributed by atoms with van der Waals surface area (Å²) in [6.45, 7) is 0.229. The van der Waals surface area contributed by atoms with Crippen LogP contribution in [0.15, 0.2) is 0 Å². The van der Waals surface area contributed by atoms with Crippen LogP contribution in [0.3, 0.4) is 0 Å². The Morgan fingerprint density at radius 2 is 2.20 bits per heavy atom. The Morgan fingerprint density at radius 3 is 2.70 bits per heavy atom. The van der Waals surface area contributed by atoms with Gasteiger partial charge in [-0.15, -0.1) is 11.6 Å². The summed E-state index contributed by atoms with van der Waals surface area (Å²) in [5.41, 5.74) is -0.960. The third-order valence-electron chi connectivity index (χ3n) is 1.53. The van der Waals surface area contributed by atoms with Crippen LogP contribution in [-0.2, 0) is 0 Å². The van der Waals surface area contributed by atoms with E-state index in [4.69, 9.17) is 23.2 Å². The van der Waals surface area contributed by atoms with Crippen molar-refractivity contribution >= 4 is 23.2 Å². The summed E-state index contributed by atoms with van der Waals surface area (Å²) in [5, 5.41) is 2.74. The lowest BCUT2D eigenvalue weighted by Gasteiger charge is -2.35. The second-order valence-corrected chi connectivity index (χ2v) is 3.16. The Morgan fingerprint density at radius 1 is 1.60 bits per heavy atom. The standard InChI is InChI=1S/C5H9Cl2FN2/c1-10-4(6)3(8)2-9-5(10)7/h3-5,9H,2H2,1H3. The first-order valence-corrected chi connectivity index (χ1v) is 3.87. The quantitative estimate of drug-likeness (QED) is 0.448. The van der Waals surface area contributed by atoms with Crippen LogP contribution in [0, 0.1) is 0 Å². The van der Waals surface area contributed by atoms with Crippen LogP contribution in [0.4, 0.5) is 4.39 Å². The smallest absolute Gasteiger partial charge is 0.142 e. The van der Waals surface area contributed by atoms with Gasteiger partial charge in [-0.2, -0.15) is 0 Å². The Labute approximate surface area is 69.3 Å². The molecular formula is C5H9Cl2FN2. The predicted molar refractivity (Wildman–Crippen MR) is 39.9 cm³/mol. The van der Waals surface area contributed by atoms with Gasteiger partial charge in [0, 0.05) is 6.54 Å². The Bertz CT molecular complexity index is 110. The maximum Gasteiger partial charge on any atom is 0.142 e. The summed E-state index contributed by atoms with van der Waals surface area (Å²) in [4.78, 5) is 1.54. The van der Waals surface area contributed by atoms with Crippen molar-refractivity contribution in [3.63, 3.8) is 0 Å². The molecule has 1 rings (SSSR count). The molecule has 0 saturated carbocycles. The fourth-order valence-corrected chi connectivity index (χ4v) is 1.30. The summed E-state index contributed by atoms with van der Waals surface area (Å²) < 4.78 is 12.7. The lowest BCUT2D eigenvalue weighted by Crippen LogP contribution is -2.55. The maximum absolute atomic E-state index is 12.7. The van der Waals surface area contributed by atoms with Crippen LogP contribution >= 0.6 is 23.2 Å². The van der Waals surface area contributed by atoms with Crippen molar-refractivity contribution < 1.29 is 4.39 Å². The molecule has 0 spiro atoms. The number of hydrogen-bond donors (Lipinski definition) is 1. The minimum atomic E-state index is -1.04. The van der Waals surface area contributed by atoms with Crippen LogP contribution < -0.4 is 5.32 Å². The maximum atomic E-state index is 12.7. The van der Waals surface area contributed by atoms with E-state index in [0.29, 0.717) is 0 Å². The first-order valence-electron chi connectivity index (χ1n) is 3.00. The molecule has 1 saturated heterocycles. The average Bonchev–Trinajstić information content (AvgIpc) is 1.93. The van der Waals surface area contributed by atoms with Crippen molar-refractivity contribution in [1.29, 1.82) is 0 Å². The first-order chi connectivity index (χ1) is 4.63. The molecular weight excluding hydrogens is 178 g/mol. The lowest BCUT2D eigenvalue weighted by atomic mass is 10.3. The molecule has 0 aromatic rings. The molecule has 1 aliphatic rings. The highest BCUT2D eigenvalue weighted by Crippen LogP contribution is 2.18. The third-order valence-corrected chi connectivity index (χ3v) is 2.57. The molecule has 0 bridgehead atoms. The zero-order valence-electron chi connectivity index (χ0n) is 5.52. The normalized spacial score (nSPS) is 43.8. The van der Waals surface area contributed by atoms with Crippen molar-refractivity contribution in [2.24, 2.45) is 0 Å². The average molecular weight is 187 g/mol. The molecule has 3 atom stereocenters. The monoisotopic (exact) mass is 186 g/mol. The van der Waals surface area contributed by atoms with Gasteiger partial charge in [0.15, 0.2) is 0 Å². The number of nitrogens with zero attached hydrogens (tertiary/aromatic N) is 1. The highest BCUT2D eigenvalue weighted by atomic mass is 35.5. The zero-order chi connectivity index (χ0) is 7.72. The van der Waals surface area contributed by atoms with E-state index >= 15 is 0 Å². The second-order valence-electron chi connectivity index (χ2n) is 2.30. The SMILES string of the molecule is CN1C(Cl)NCC(F)C1Cl. The summed E-state index contributed by atoms with van der Waals surface area (Å²) in [5.74, 6) is 0. The van der Waals surface area contributed by atoms with Gasteiger partial charge in [0.2, 0.25) is 0 Å². The van der Waals surface area contributed by atoms with Gasteiger partial charge in [0.1, 0.15) is 17.3 Å². The Balaban J connectivity index is 2.52. The molecule has 10 heavy (non-hydrogen) atoms. The highest BCUT2D eigenvalue weighted by Gasteiger charge is 2.31. The molecule has 3 unspecified atom stereocenters. The van der Waals surface area contributed by atoms with Crippen LogP contribution in [0.25, 0.3) is 0 Å². The molecule has 1 N–H and O–H groups in total. The summed E-state index contributed by atoms with van der Waals surface area (Å²) in [7, 11) is 1.67. The fraction of sp³-hybridized carbons (Fsp3) is 1.00. The van der Waals surface area contributed by atoms with Crippen LogP contribution in [-0.4, -0.2) is 35.8 Å². The molecule has 1 aliphatic heterocycles. The number of halogens is 3. The molecule has 0 aromatic heterocycles. The van der Waals surface area contributed by atoms with E-state index in [1.807, 2.05) is 0 Å². The summed E-state index contributed by atoms with van der Waals surface area (Å²) in [6.07, 6.45) is -1.04. The van der Waals surface area contributed by atoms with Gasteiger partial charge in [-0.25, -0.2) is 4.39 Å². The van der Waals surface area contributed by atoms with Gasteiger partial charge in [0.05, 0.1) is 0 Å². The number of rotatable bonds is 0. The molecule has 0 amide bonds. The van der Waals surface area contributed by atoms with Crippen LogP contribution in [0.1, 0.15) is 0 Å². The molecule has 0 aliphatic carbocycles. The van der Waals surface area contributed by atoms with Crippen LogP contribution in [0.5, 0.6) is 0 Å². The van der Waals surface area contributed by atoms with E-state index in [1.165, 1.54) is 4.90 Å². The predicted octanol–water partition coefficient (Wildman–Crippen LogP) is 0.947. The fourth-order valence-electron chi connectivity index (χ4n) is 0.831. The van der Waals surface area contributed by atoms with Crippen molar-refractivity contribution in [3.8, 4) is 0 Å². The van der Waals surface area contributed by atoms with E-state index in [0.717, 1.165) is 0 Å². The molecule has 0 radical (unpaired) electrons. The van der Waals surface area contributed by atoms with E-state index in [2.05, 4.69) is 5.32 Å². The van der Waals surface area contributed by atoms with Crippen molar-refractivity contribution in [2.75, 3.05) is 13.6 Å². The second kappa shape index (κ2) is 3.22. The van der Waals surface area contributed by atoms with E-state index in [9.17, 15) is 4.39 Å². The largest absolute Gasteiger partial charge is 0.286 e. The van der Waals surface area contributed by atoms with E-state index < -0.39 is 11.7 Å². The van der Waals surface area contributed by atoms with E-state index in [1.54, 1.807) is 7.05 Å². The van der Waals surface area contributed by atoms with Gasteiger partial charge in [-0.05, 0) is 7.05 Å². The van der Waals surface area contributed by atoms with Gasteiger partial charge in [-0.3, -0.25) is 10.2 Å². The molecule has 1 heterocycles. The zero-order valence-corrected chi connectivity index (χ0v) is 7.03.